The number of aromatic hydroxyl groups is 1. The summed E-state index contributed by atoms with van der Waals surface area (Å²) in [4.78, 5) is 33.4. The minimum absolute atomic E-state index is 0.00767. The molecular weight excluding hydrogens is 1110 g/mol. The molecule has 13 aliphatic rings. The summed E-state index contributed by atoms with van der Waals surface area (Å²) in [5, 5.41) is 70.6. The Morgan fingerprint density at radius 1 is 0.876 bits per heavy atom. The van der Waals surface area contributed by atoms with Crippen molar-refractivity contribution in [3.8, 4) is 5.75 Å². The highest BCUT2D eigenvalue weighted by atomic mass is 16.6. The van der Waals surface area contributed by atoms with Gasteiger partial charge in [0.1, 0.15) is 17.6 Å². The Labute approximate surface area is 532 Å². The van der Waals surface area contributed by atoms with Gasteiger partial charge in [-0.25, -0.2) is 0 Å². The maximum absolute atomic E-state index is 16.8. The molecule has 2 aromatic rings. The second kappa shape index (κ2) is 22.9. The van der Waals surface area contributed by atoms with Crippen LogP contribution in [0.2, 0.25) is 0 Å². The first kappa shape index (κ1) is 62.5. The van der Waals surface area contributed by atoms with Crippen LogP contribution in [-0.4, -0.2) is 92.9 Å². The van der Waals surface area contributed by atoms with Crippen molar-refractivity contribution < 1.29 is 39.9 Å². The number of carbonyl (C=O) groups excluding carboxylic acids is 2. The van der Waals surface area contributed by atoms with Crippen LogP contribution in [0.15, 0.2) is 84.0 Å². The van der Waals surface area contributed by atoms with Crippen LogP contribution in [0.3, 0.4) is 0 Å². The molecule has 11 heteroatoms. The molecule has 89 heavy (non-hydrogen) atoms. The van der Waals surface area contributed by atoms with Gasteiger partial charge in [-0.05, 0) is 244 Å². The van der Waals surface area contributed by atoms with Crippen molar-refractivity contribution >= 4 is 17.3 Å². The van der Waals surface area contributed by atoms with Crippen molar-refractivity contribution in [1.82, 2.24) is 10.6 Å². The largest absolute Gasteiger partial charge is 0.508 e. The second-order valence-electron chi connectivity index (χ2n) is 33.2. The molecule has 2 heterocycles. The van der Waals surface area contributed by atoms with Crippen LogP contribution >= 0.6 is 0 Å². The van der Waals surface area contributed by atoms with E-state index in [1.165, 1.54) is 16.7 Å². The number of epoxide rings is 1. The zero-order valence-corrected chi connectivity index (χ0v) is 55.1. The van der Waals surface area contributed by atoms with E-state index in [1.54, 1.807) is 0 Å². The molecule has 7 fully saturated rings. The monoisotopic (exact) mass is 1220 g/mol. The first-order valence-electron chi connectivity index (χ1n) is 35.9. The highest BCUT2D eigenvalue weighted by Crippen LogP contribution is 2.82. The Morgan fingerprint density at radius 3 is 2.44 bits per heavy atom. The lowest BCUT2D eigenvalue weighted by Crippen LogP contribution is -2.75. The molecule has 25 unspecified atom stereocenters. The Kier molecular flexibility index (Phi) is 16.1. The van der Waals surface area contributed by atoms with Gasteiger partial charge >= 0.3 is 0 Å². The fourth-order valence-corrected chi connectivity index (χ4v) is 25.2. The van der Waals surface area contributed by atoms with Gasteiger partial charge in [-0.1, -0.05) is 127 Å². The standard InChI is InChI=1S/C78H109N3O8/c1-9-10-11-16-55-53-24-26-61(84)68(55)78-38-60-70-75(6,59-19-15-30-77(70,29-13-12-28-73(4,88)42-81-60)71(87)64(59)48-33-45(40-80-8)35-50(83)37-48)63(78)27-25-58-67(62(85)39-74(58,78)5)66-56(23-22-52-46(41-82)20-21-54(53)65(52)66)69(86)72-76(7,89-72)57-18-14-17-51(57)47-32-44(31-43(2)3)34-49(79)36-47/h15,19,22-24,26,32-37,43,46,51-57,59-61,63-66,68-70,72,80-84,86,88H,9-14,16-18,20-21,25,27-31,38-42,79H2,1-8H3. The molecule has 11 nitrogen and oxygen atoms in total. The summed E-state index contributed by atoms with van der Waals surface area (Å²) >= 11 is 0. The summed E-state index contributed by atoms with van der Waals surface area (Å²) in [6, 6.07) is 12.3. The molecule has 0 radical (unpaired) electrons. The number of aliphatic hydroxyl groups excluding tert-OH is 3. The summed E-state index contributed by atoms with van der Waals surface area (Å²) in [7, 11) is 1.92. The highest BCUT2D eigenvalue weighted by Gasteiger charge is 2.79. The SMILES string of the molecule is CCCCCC1C2C=CC(O)C1C13CC4NCC(C)(O)CCCCC56CC=CC(C(c7cc(O)cc(CNC)c7)C5=O)C(C)(C46)C1CCC1=C(C(=O)CC13C)C1C(C(O)C3OC3(C)C3CCCC3c3cc(N)cc(CC(C)C)c3)C=CC3C(CO)CCC2C31. The molecule has 11 aliphatic carbocycles. The van der Waals surface area contributed by atoms with E-state index in [4.69, 9.17) is 10.5 Å². The number of hydrogen-bond donors (Lipinski definition) is 8. The maximum atomic E-state index is 16.8. The van der Waals surface area contributed by atoms with Gasteiger partial charge in [0, 0.05) is 54.6 Å². The average Bonchev–Trinajstić information content (AvgIpc) is 1.64. The molecule has 5 saturated carbocycles. The number of rotatable bonds is 14. The molecular formula is C78H109N3O8. The van der Waals surface area contributed by atoms with Gasteiger partial charge in [-0.3, -0.25) is 9.59 Å². The summed E-state index contributed by atoms with van der Waals surface area (Å²) in [6.45, 7) is 17.1. The number of fused-ring (bicyclic) bond motifs is 6. The van der Waals surface area contributed by atoms with Crippen LogP contribution in [0, 0.1) is 105 Å². The molecule has 9 N–H and O–H groups in total. The molecule has 2 aromatic carbocycles. The number of phenolic OH excluding ortho intramolecular Hbond substituents is 1. The molecule has 8 bridgehead atoms. The quantitative estimate of drug-likeness (QED) is 0.0388. The fourth-order valence-electron chi connectivity index (χ4n) is 25.2. The molecule has 2 saturated heterocycles. The molecule has 2 aliphatic heterocycles. The predicted molar refractivity (Wildman–Crippen MR) is 350 cm³/mol. The molecule has 0 amide bonds. The number of hydrogen-bond acceptors (Lipinski definition) is 11. The fraction of sp³-hybridized carbons (Fsp3) is 0.718. The molecule has 0 aromatic heterocycles. The molecule has 484 valence electrons. The van der Waals surface area contributed by atoms with E-state index in [2.05, 4.69) is 113 Å². The number of benzene rings is 2. The number of ether oxygens (including phenoxy) is 1. The Hall–Kier alpha value is -3.94. The van der Waals surface area contributed by atoms with Crippen molar-refractivity contribution in [1.29, 1.82) is 0 Å². The predicted octanol–water partition coefficient (Wildman–Crippen LogP) is 12.6. The van der Waals surface area contributed by atoms with Gasteiger partial charge < -0.3 is 46.6 Å². The van der Waals surface area contributed by atoms with Crippen LogP contribution in [0.1, 0.15) is 198 Å². The number of nitrogens with one attached hydrogen (secondary N) is 2. The average molecular weight is 1220 g/mol. The number of allylic oxidation sites excluding steroid dienone is 6. The van der Waals surface area contributed by atoms with Crippen molar-refractivity contribution in [2.75, 3.05) is 25.9 Å². The van der Waals surface area contributed by atoms with E-state index < -0.39 is 63.0 Å². The van der Waals surface area contributed by atoms with Crippen LogP contribution < -0.4 is 16.4 Å². The number of carbonyl (C=O) groups is 2. The van der Waals surface area contributed by atoms with E-state index in [0.717, 1.165) is 112 Å². The Bertz CT molecular complexity index is 3200. The normalized spacial score (nSPS) is 46.3. The number of nitrogen functional groups attached to an aromatic ring is 1. The first-order valence-corrected chi connectivity index (χ1v) is 35.9. The van der Waals surface area contributed by atoms with Gasteiger partial charge in [-0.2, -0.15) is 0 Å². The van der Waals surface area contributed by atoms with Gasteiger partial charge in [0.05, 0.1) is 29.3 Å². The number of Topliss-reactive ketones (excluding diaryl/α,β-unsaturated/α-hetero) is 2. The highest BCUT2D eigenvalue weighted by molar-refractivity contribution is 6.01. The van der Waals surface area contributed by atoms with Crippen LogP contribution in [0.5, 0.6) is 5.75 Å². The molecule has 15 rings (SSSR count). The Morgan fingerprint density at radius 2 is 1.66 bits per heavy atom. The van der Waals surface area contributed by atoms with Gasteiger partial charge in [0.15, 0.2) is 5.78 Å². The van der Waals surface area contributed by atoms with Gasteiger partial charge in [-0.15, -0.1) is 0 Å². The van der Waals surface area contributed by atoms with E-state index in [9.17, 15) is 25.5 Å². The summed E-state index contributed by atoms with van der Waals surface area (Å²) < 4.78 is 7.11. The summed E-state index contributed by atoms with van der Waals surface area (Å²) in [5.74, 6) is 0.00316. The van der Waals surface area contributed by atoms with Gasteiger partial charge in [0.25, 0.3) is 0 Å². The third-order valence-corrected chi connectivity index (χ3v) is 28.2. The minimum atomic E-state index is -0.986. The summed E-state index contributed by atoms with van der Waals surface area (Å²) in [6.07, 6.45) is 28.1. The first-order chi connectivity index (χ1) is 42.6. The minimum Gasteiger partial charge on any atom is -0.508 e. The lowest BCUT2D eigenvalue weighted by atomic mass is 9.28. The third kappa shape index (κ3) is 9.50. The summed E-state index contributed by atoms with van der Waals surface area (Å²) in [5.41, 5.74) is 9.81. The topological polar surface area (TPSA) is 198 Å². The number of unbranched alkanes of at least 4 members (excludes halogenated alkanes) is 2. The zero-order valence-electron chi connectivity index (χ0n) is 55.1. The lowest BCUT2D eigenvalue weighted by molar-refractivity contribution is -0.251. The maximum Gasteiger partial charge on any atom is 0.160 e. The van der Waals surface area contributed by atoms with Crippen molar-refractivity contribution in [3.63, 3.8) is 0 Å². The van der Waals surface area contributed by atoms with Crippen molar-refractivity contribution in [2.45, 2.75) is 224 Å². The van der Waals surface area contributed by atoms with Crippen LogP contribution in [-0.2, 0) is 27.3 Å². The van der Waals surface area contributed by atoms with Crippen molar-refractivity contribution in [2.24, 2.45) is 105 Å². The van der Waals surface area contributed by atoms with E-state index in [-0.39, 0.29) is 107 Å². The number of aliphatic hydroxyl groups is 4. The van der Waals surface area contributed by atoms with E-state index in [1.807, 2.05) is 26.1 Å². The smallest absolute Gasteiger partial charge is 0.160 e. The van der Waals surface area contributed by atoms with Crippen LogP contribution in [0.25, 0.3) is 0 Å². The number of β-amino-alcohol motifs (C(OH)–C–C–N with tert-alkyl or cyclic N) is 1. The second-order valence-corrected chi connectivity index (χ2v) is 33.2. The lowest BCUT2D eigenvalue weighted by Gasteiger charge is -2.76. The van der Waals surface area contributed by atoms with E-state index in [0.29, 0.717) is 51.1 Å². The van der Waals surface area contributed by atoms with Crippen LogP contribution in [0.4, 0.5) is 5.69 Å². The number of nitrogens with two attached hydrogens (primary N) is 1. The van der Waals surface area contributed by atoms with E-state index >= 15 is 9.59 Å². The van der Waals surface area contributed by atoms with Gasteiger partial charge in [0.2, 0.25) is 0 Å². The number of ketones is 2. The van der Waals surface area contributed by atoms with Crippen molar-refractivity contribution in [3.05, 3.63) is 106 Å². The Balaban J connectivity index is 0.964. The zero-order chi connectivity index (χ0) is 62.5. The molecule has 2 spiro atoms. The number of phenols is 1. The number of anilines is 1. The third-order valence-electron chi connectivity index (χ3n) is 28.2. The molecule has 25 atom stereocenters.